The maximum atomic E-state index is 10.6. The van der Waals surface area contributed by atoms with Crippen molar-refractivity contribution in [2.45, 2.75) is 19.1 Å². The number of para-hydroxylation sites is 1. The van der Waals surface area contributed by atoms with Gasteiger partial charge in [0.15, 0.2) is 0 Å². The number of fused-ring (bicyclic) bond motifs is 3. The number of rotatable bonds is 5. The van der Waals surface area contributed by atoms with Crippen LogP contribution in [0.25, 0.3) is 22.5 Å². The Hall–Kier alpha value is -3.82. The van der Waals surface area contributed by atoms with Crippen molar-refractivity contribution >= 4 is 28.9 Å². The van der Waals surface area contributed by atoms with Crippen LogP contribution in [0.1, 0.15) is 21.6 Å². The molecule has 0 bridgehead atoms. The summed E-state index contributed by atoms with van der Waals surface area (Å²) in [6.45, 7) is 5.87. The lowest BCUT2D eigenvalue weighted by Crippen LogP contribution is -2.43. The fourth-order valence-corrected chi connectivity index (χ4v) is 5.86. The zero-order valence-corrected chi connectivity index (χ0v) is 24.7. The summed E-state index contributed by atoms with van der Waals surface area (Å²) in [6.07, 6.45) is -4.17. The predicted octanol–water partition coefficient (Wildman–Crippen LogP) is 6.17. The summed E-state index contributed by atoms with van der Waals surface area (Å²) in [6, 6.07) is 16.5. The first-order valence-electron chi connectivity index (χ1n) is 13.4. The summed E-state index contributed by atoms with van der Waals surface area (Å²) in [7, 11) is 2.20. The first kappa shape index (κ1) is 30.6. The summed E-state index contributed by atoms with van der Waals surface area (Å²) in [4.78, 5) is 14.8. The molecule has 0 atom stereocenters. The number of aromatic nitrogens is 2. The average Bonchev–Trinajstić information content (AvgIpc) is 3.68. The van der Waals surface area contributed by atoms with Crippen LogP contribution in [0, 0.1) is 11.8 Å². The monoisotopic (exact) mass is 628 g/mol. The molecular weight excluding hydrogens is 601 g/mol. The summed E-state index contributed by atoms with van der Waals surface area (Å²) in [5.74, 6) is 4.19. The van der Waals surface area contributed by atoms with Crippen LogP contribution in [0.5, 0.6) is 5.75 Å². The smallest absolute Gasteiger partial charge is 0.479 e. The van der Waals surface area contributed by atoms with Crippen molar-refractivity contribution < 1.29 is 27.8 Å². The Balaban J connectivity index is 0.000000472. The molecule has 1 aliphatic carbocycles. The van der Waals surface area contributed by atoms with Crippen LogP contribution >= 0.6 is 22.9 Å². The van der Waals surface area contributed by atoms with Gasteiger partial charge >= 0.3 is 12.1 Å². The Kier molecular flexibility index (Phi) is 9.42. The largest absolute Gasteiger partial charge is 0.490 e. The van der Waals surface area contributed by atoms with Gasteiger partial charge in [-0.2, -0.15) is 18.3 Å². The second-order valence-electron chi connectivity index (χ2n) is 10.2. The number of carbonyl (C=O) groups is 1. The van der Waals surface area contributed by atoms with Crippen LogP contribution < -0.4 is 4.74 Å². The van der Waals surface area contributed by atoms with Crippen molar-refractivity contribution in [1.29, 1.82) is 0 Å². The first-order chi connectivity index (χ1) is 20.6. The number of likely N-dealkylation sites (N-methyl/N-ethyl adjacent to an activating group) is 1. The Bertz CT molecular complexity index is 1670. The van der Waals surface area contributed by atoms with Gasteiger partial charge in [0, 0.05) is 61.2 Å². The molecule has 0 radical (unpaired) electrons. The third kappa shape index (κ3) is 7.58. The van der Waals surface area contributed by atoms with Gasteiger partial charge in [-0.25, -0.2) is 4.79 Å². The molecule has 4 aromatic rings. The molecule has 7 nitrogen and oxygen atoms in total. The number of carboxylic acids is 1. The second kappa shape index (κ2) is 13.2. The normalized spacial score (nSPS) is 14.6. The van der Waals surface area contributed by atoms with Crippen LogP contribution in [0.2, 0.25) is 5.02 Å². The topological polar surface area (TPSA) is 81.7 Å². The minimum atomic E-state index is -5.08. The number of H-pyrrole nitrogens is 1. The summed E-state index contributed by atoms with van der Waals surface area (Å²) >= 11 is 7.76. The number of hydrogen-bond donors (Lipinski definition) is 2. The highest BCUT2D eigenvalue weighted by Crippen LogP contribution is 2.41. The molecule has 2 N–H and O–H groups in total. The number of aromatic amines is 1. The highest BCUT2D eigenvalue weighted by Gasteiger charge is 2.38. The van der Waals surface area contributed by atoms with E-state index in [0.717, 1.165) is 61.0 Å². The number of piperazine rings is 1. The van der Waals surface area contributed by atoms with E-state index in [2.05, 4.69) is 68.5 Å². The number of nitrogens with zero attached hydrogens (tertiary/aromatic N) is 3. The van der Waals surface area contributed by atoms with Gasteiger partial charge in [-0.15, -0.1) is 11.3 Å². The molecule has 2 aliphatic rings. The number of halogens is 4. The van der Waals surface area contributed by atoms with Crippen LogP contribution in [0.4, 0.5) is 13.2 Å². The zero-order valence-electron chi connectivity index (χ0n) is 23.2. The summed E-state index contributed by atoms with van der Waals surface area (Å²) in [5.41, 5.74) is 8.62. The fourth-order valence-electron chi connectivity index (χ4n) is 4.91. The third-order valence-corrected chi connectivity index (χ3v) is 8.30. The SMILES string of the molecule is CN1CCN(Cc2ccc3c(c2)Cc2c(-c4csc(C#CCOc5ccccc5Cl)c4)n[nH]c2-3)CC1.O=C(O)C(F)(F)F. The Morgan fingerprint density at radius 2 is 1.91 bits per heavy atom. The van der Waals surface area contributed by atoms with Crippen molar-refractivity contribution in [2.75, 3.05) is 39.8 Å². The van der Waals surface area contributed by atoms with E-state index in [-0.39, 0.29) is 0 Å². The molecule has 1 fully saturated rings. The summed E-state index contributed by atoms with van der Waals surface area (Å²) in [5, 5.41) is 17.8. The molecule has 0 unspecified atom stereocenters. The molecular formula is C31H28ClF3N4O3S. The lowest BCUT2D eigenvalue weighted by atomic mass is 10.0. The molecule has 2 aromatic carbocycles. The zero-order chi connectivity index (χ0) is 30.6. The lowest BCUT2D eigenvalue weighted by Gasteiger charge is -2.32. The minimum Gasteiger partial charge on any atom is -0.479 e. The average molecular weight is 629 g/mol. The lowest BCUT2D eigenvalue weighted by molar-refractivity contribution is -0.192. The Morgan fingerprint density at radius 3 is 2.63 bits per heavy atom. The van der Waals surface area contributed by atoms with E-state index >= 15 is 0 Å². The number of aliphatic carboxylic acids is 1. The molecule has 224 valence electrons. The number of ether oxygens (including phenoxy) is 1. The van der Waals surface area contributed by atoms with Crippen molar-refractivity contribution in [1.82, 2.24) is 20.0 Å². The van der Waals surface area contributed by atoms with Gasteiger partial charge in [-0.05, 0) is 36.4 Å². The molecule has 1 saturated heterocycles. The van der Waals surface area contributed by atoms with Gasteiger partial charge in [0.05, 0.1) is 21.3 Å². The van der Waals surface area contributed by atoms with Crippen LogP contribution in [0.3, 0.4) is 0 Å². The van der Waals surface area contributed by atoms with Crippen LogP contribution in [0.15, 0.2) is 53.9 Å². The van der Waals surface area contributed by atoms with E-state index in [1.165, 1.54) is 22.3 Å². The van der Waals surface area contributed by atoms with E-state index in [1.807, 2.05) is 24.3 Å². The van der Waals surface area contributed by atoms with E-state index in [0.29, 0.717) is 17.4 Å². The van der Waals surface area contributed by atoms with Gasteiger partial charge in [0.2, 0.25) is 0 Å². The number of nitrogens with one attached hydrogen (secondary N) is 1. The number of hydrogen-bond acceptors (Lipinski definition) is 6. The van der Waals surface area contributed by atoms with E-state index in [9.17, 15) is 13.2 Å². The highest BCUT2D eigenvalue weighted by molar-refractivity contribution is 7.11. The van der Waals surface area contributed by atoms with Crippen LogP contribution in [-0.4, -0.2) is 77.1 Å². The predicted molar refractivity (Wildman–Crippen MR) is 160 cm³/mol. The molecule has 3 heterocycles. The molecule has 0 saturated carbocycles. The highest BCUT2D eigenvalue weighted by atomic mass is 35.5. The maximum absolute atomic E-state index is 10.6. The third-order valence-electron chi connectivity index (χ3n) is 7.14. The molecule has 0 amide bonds. The van der Waals surface area contributed by atoms with E-state index in [4.69, 9.17) is 26.2 Å². The van der Waals surface area contributed by atoms with E-state index in [1.54, 1.807) is 11.3 Å². The quantitative estimate of drug-likeness (QED) is 0.227. The van der Waals surface area contributed by atoms with Gasteiger partial charge < -0.3 is 14.7 Å². The minimum absolute atomic E-state index is 0.292. The second-order valence-corrected chi connectivity index (χ2v) is 11.5. The van der Waals surface area contributed by atoms with Gasteiger partial charge in [-0.1, -0.05) is 53.8 Å². The number of benzene rings is 2. The van der Waals surface area contributed by atoms with Gasteiger partial charge in [0.25, 0.3) is 0 Å². The fraction of sp³-hybridized carbons (Fsp3) is 0.290. The van der Waals surface area contributed by atoms with Crippen molar-refractivity contribution in [3.05, 3.63) is 80.5 Å². The van der Waals surface area contributed by atoms with E-state index < -0.39 is 12.1 Å². The maximum Gasteiger partial charge on any atom is 0.490 e. The van der Waals surface area contributed by atoms with Crippen LogP contribution in [-0.2, 0) is 17.8 Å². The first-order valence-corrected chi connectivity index (χ1v) is 14.7. The van der Waals surface area contributed by atoms with Gasteiger partial charge in [0.1, 0.15) is 12.4 Å². The molecule has 0 spiro atoms. The number of thiophene rings is 1. The van der Waals surface area contributed by atoms with Gasteiger partial charge in [-0.3, -0.25) is 10.00 Å². The number of carboxylic acid groups (broad SMARTS) is 1. The van der Waals surface area contributed by atoms with Crippen molar-refractivity contribution in [3.8, 4) is 40.1 Å². The molecule has 12 heteroatoms. The molecule has 43 heavy (non-hydrogen) atoms. The Morgan fingerprint density at radius 1 is 1.16 bits per heavy atom. The number of alkyl halides is 3. The summed E-state index contributed by atoms with van der Waals surface area (Å²) < 4.78 is 37.4. The molecule has 2 aromatic heterocycles. The Labute approximate surface area is 255 Å². The molecule has 1 aliphatic heterocycles. The standard InChI is InChI=1S/C29H27ClN4OS.C2HF3O2/c1-33-10-12-34(13-11-33)18-20-8-9-24-21(15-20)17-25-28(31-32-29(24)25)22-16-23(36-19-22)5-4-14-35-27-7-3-2-6-26(27)30;3-2(4,5)1(6)7/h2-3,6-9,15-16,19H,10-14,17-18H2,1H3,(H,31,32);(H,6,7). The van der Waals surface area contributed by atoms with Crippen molar-refractivity contribution in [2.24, 2.45) is 0 Å². The van der Waals surface area contributed by atoms with Crippen molar-refractivity contribution in [3.63, 3.8) is 0 Å². The molecule has 6 rings (SSSR count).